The van der Waals surface area contributed by atoms with E-state index < -0.39 is 24.1 Å². The van der Waals surface area contributed by atoms with Crippen molar-refractivity contribution in [3.05, 3.63) is 131 Å². The number of nitrogens with zero attached hydrogens (tertiary/aromatic N) is 4. The minimum Gasteiger partial charge on any atom is -0.678 e. The van der Waals surface area contributed by atoms with E-state index in [1.54, 1.807) is 12.2 Å². The van der Waals surface area contributed by atoms with Crippen molar-refractivity contribution in [1.29, 1.82) is 0 Å². The van der Waals surface area contributed by atoms with E-state index >= 15 is 0 Å². The van der Waals surface area contributed by atoms with Gasteiger partial charge in [0.15, 0.2) is 0 Å². The first-order chi connectivity index (χ1) is 28.1. The van der Waals surface area contributed by atoms with Crippen LogP contribution >= 0.6 is 0 Å². The number of carboxylic acid groups (broad SMARTS) is 2. The first kappa shape index (κ1) is 47.6. The Morgan fingerprint density at radius 3 is 2.03 bits per heavy atom. The average molecular weight is 855 g/mol. The molecule has 0 radical (unpaired) electrons. The van der Waals surface area contributed by atoms with Gasteiger partial charge in [0, 0.05) is 12.8 Å². The van der Waals surface area contributed by atoms with Crippen LogP contribution in [0.3, 0.4) is 0 Å². The zero-order valence-electron chi connectivity index (χ0n) is 36.0. The fourth-order valence-electron chi connectivity index (χ4n) is 8.09. The van der Waals surface area contributed by atoms with Gasteiger partial charge in [-0.1, -0.05) is 106 Å². The normalized spacial score (nSPS) is 17.6. The first-order valence-corrected chi connectivity index (χ1v) is 20.6. The number of carboxylic acids is 2. The summed E-state index contributed by atoms with van der Waals surface area (Å²) in [5.41, 5.74) is 12.4. The maximum absolute atomic E-state index is 12.8. The molecule has 0 aromatic carbocycles. The van der Waals surface area contributed by atoms with Crippen LogP contribution in [0.1, 0.15) is 148 Å². The van der Waals surface area contributed by atoms with Crippen LogP contribution in [0.4, 0.5) is 0 Å². The number of hydrogen-bond acceptors (Lipinski definition) is 4. The third kappa shape index (κ3) is 11.6. The number of aromatic nitrogens is 3. The van der Waals surface area contributed by atoms with E-state index in [4.69, 9.17) is 20.3 Å². The topological polar surface area (TPSA) is 168 Å². The van der Waals surface area contributed by atoms with Gasteiger partial charge < -0.3 is 35.6 Å². The number of rotatable bonds is 18. The molecule has 11 heteroatoms. The molecule has 3 aromatic rings. The number of carbonyl (C=O) groups is 3. The Hall–Kier alpha value is -5.09. The molecule has 0 fully saturated rings. The third-order valence-electron chi connectivity index (χ3n) is 11.5. The van der Waals surface area contributed by atoms with Gasteiger partial charge in [-0.3, -0.25) is 14.4 Å². The Balaban J connectivity index is 0.00000794. The second kappa shape index (κ2) is 21.4. The van der Waals surface area contributed by atoms with Gasteiger partial charge in [0.2, 0.25) is 0 Å². The summed E-state index contributed by atoms with van der Waals surface area (Å²) in [4.78, 5) is 51.3. The molecule has 0 amide bonds. The molecule has 5 rings (SSSR count). The number of fused-ring (bicyclic) bond motifs is 8. The Bertz CT molecular complexity index is 2390. The number of carbonyl (C=O) groups excluding carboxylic acids is 1. The van der Waals surface area contributed by atoms with Gasteiger partial charge >= 0.3 is 29.0 Å². The van der Waals surface area contributed by atoms with E-state index in [0.717, 1.165) is 59.8 Å². The number of hydrogen-bond donors (Lipinski definition) is 3. The summed E-state index contributed by atoms with van der Waals surface area (Å²) >= 11 is 0. The van der Waals surface area contributed by atoms with Gasteiger partial charge in [-0.25, -0.2) is 0 Å². The molecule has 318 valence electrons. The predicted molar refractivity (Wildman–Crippen MR) is 234 cm³/mol. The molecular weight excluding hydrogens is 796 g/mol. The molecule has 8 bridgehead atoms. The number of aliphatic hydroxyl groups is 1. The molecule has 10 nitrogen and oxygen atoms in total. The fourth-order valence-corrected chi connectivity index (χ4v) is 8.09. The van der Waals surface area contributed by atoms with Crippen LogP contribution < -0.4 is 25.7 Å². The number of aliphatic hydroxyl groups excluding tert-OH is 1. The van der Waals surface area contributed by atoms with Gasteiger partial charge in [-0.05, 0) is 117 Å². The second-order valence-electron chi connectivity index (χ2n) is 16.2. The number of allylic oxidation sites excluding steroid dienone is 7. The Morgan fingerprint density at radius 2 is 1.40 bits per heavy atom. The molecule has 0 aliphatic carbocycles. The molecule has 0 saturated heterocycles. The number of aldehydes is 1. The van der Waals surface area contributed by atoms with E-state index in [-0.39, 0.29) is 49.2 Å². The molecule has 0 saturated carbocycles. The molecule has 2 atom stereocenters. The smallest absolute Gasteiger partial charge is 0.678 e. The standard InChI is InChI=1S/C49H58N4O6.Fe/c1-9-34-31(6)39-25-45-49(46(55)18-12-17-30(5)16-11-15-29(4)14-10-13-28(2)3)33(8)40(52-45)24-44-37(27-54)36(20-22-48(58)59)43(53-44)26-42-35(19-21-47(56)57)32(7)38(51-42)23-41(34)50-39;/h9,13,15,17,23-25,27,43,46,55H,1,10-12,14,16,18-22,26H2,2-8H3,(H,56,57)(H,58,59);/q-4;+4/b29-15-,30-17+,39-25-,41-23-,44-24-;/t43?,46-;/m0./s1. The van der Waals surface area contributed by atoms with Crippen molar-refractivity contribution in [1.82, 2.24) is 15.0 Å². The SMILES string of the molecule is C=Cc1c(C)/c2[n-]/c1=C\c1[n-]c(c(CCC(=O)O)c1C)CC1[N-]/C(=C\c3[n-]c(c([C@@H](O)CC/C=C(\C)CC/C=C(/C)CCC=C(C)C)c3C)\C=2)C(C=O)=C1CCC(=O)O.[Fe+4]. The van der Waals surface area contributed by atoms with Crippen molar-refractivity contribution in [2.45, 2.75) is 131 Å². The maximum atomic E-state index is 12.8. The zero-order chi connectivity index (χ0) is 43.0. The van der Waals surface area contributed by atoms with Gasteiger partial charge in [0.1, 0.15) is 6.29 Å². The van der Waals surface area contributed by atoms with E-state index in [0.29, 0.717) is 68.7 Å². The zero-order valence-corrected chi connectivity index (χ0v) is 37.1. The Labute approximate surface area is 364 Å². The quantitative estimate of drug-likeness (QED) is 0.0652. The molecule has 5 heterocycles. The molecule has 1 unspecified atom stereocenters. The largest absolute Gasteiger partial charge is 4.00 e. The van der Waals surface area contributed by atoms with Crippen molar-refractivity contribution >= 4 is 42.5 Å². The van der Waals surface area contributed by atoms with Crippen LogP contribution in [-0.2, 0) is 44.3 Å². The van der Waals surface area contributed by atoms with Gasteiger partial charge in [0.05, 0.1) is 6.10 Å². The van der Waals surface area contributed by atoms with Crippen molar-refractivity contribution < 1.29 is 46.8 Å². The van der Waals surface area contributed by atoms with Crippen molar-refractivity contribution in [3.8, 4) is 0 Å². The Morgan fingerprint density at radius 1 is 0.783 bits per heavy atom. The van der Waals surface area contributed by atoms with Crippen molar-refractivity contribution in [2.24, 2.45) is 0 Å². The van der Waals surface area contributed by atoms with E-state index in [1.807, 2.05) is 32.9 Å². The summed E-state index contributed by atoms with van der Waals surface area (Å²) in [7, 11) is 0. The third-order valence-corrected chi connectivity index (χ3v) is 11.5. The minimum atomic E-state index is -0.997. The van der Waals surface area contributed by atoms with Crippen LogP contribution in [0.5, 0.6) is 0 Å². The molecular formula is C49H58FeN4O6. The Kier molecular flexibility index (Phi) is 17.0. The summed E-state index contributed by atoms with van der Waals surface area (Å²) < 4.78 is 0. The monoisotopic (exact) mass is 854 g/mol. The van der Waals surface area contributed by atoms with Crippen molar-refractivity contribution in [3.63, 3.8) is 0 Å². The molecule has 2 aliphatic heterocycles. The summed E-state index contributed by atoms with van der Waals surface area (Å²) in [5, 5.41) is 37.4. The predicted octanol–water partition coefficient (Wildman–Crippen LogP) is 8.04. The van der Waals surface area contributed by atoms with Crippen LogP contribution in [0.2, 0.25) is 0 Å². The maximum Gasteiger partial charge on any atom is 4.00 e. The van der Waals surface area contributed by atoms with E-state index in [1.165, 1.54) is 16.7 Å². The number of aliphatic carboxylic acids is 2. The van der Waals surface area contributed by atoms with Gasteiger partial charge in [0.25, 0.3) is 0 Å². The first-order valence-electron chi connectivity index (χ1n) is 20.6. The van der Waals surface area contributed by atoms with E-state index in [9.17, 15) is 29.7 Å². The fraction of sp³-hybridized carbons (Fsp3) is 0.408. The van der Waals surface area contributed by atoms with Gasteiger partial charge in [-0.2, -0.15) is 5.69 Å². The van der Waals surface area contributed by atoms with Gasteiger partial charge in [-0.15, -0.1) is 33.5 Å². The molecule has 60 heavy (non-hydrogen) atoms. The molecule has 3 aromatic heterocycles. The molecule has 0 spiro atoms. The molecule has 2 aliphatic rings. The average Bonchev–Trinajstić information content (AvgIpc) is 3.85. The summed E-state index contributed by atoms with van der Waals surface area (Å²) in [6.45, 7) is 18.4. The van der Waals surface area contributed by atoms with Crippen molar-refractivity contribution in [2.75, 3.05) is 0 Å². The molecule has 3 N–H and O–H groups in total. The second-order valence-corrected chi connectivity index (χ2v) is 16.2. The minimum absolute atomic E-state index is 0. The summed E-state index contributed by atoms with van der Waals surface area (Å²) in [6, 6.07) is -0.600. The van der Waals surface area contributed by atoms with Crippen LogP contribution in [-0.4, -0.2) is 39.6 Å². The van der Waals surface area contributed by atoms with Crippen LogP contribution in [0.15, 0.2) is 58.4 Å². The van der Waals surface area contributed by atoms with Crippen LogP contribution in [0, 0.1) is 20.8 Å². The summed E-state index contributed by atoms with van der Waals surface area (Å²) in [6.07, 6.45) is 19.5. The van der Waals surface area contributed by atoms with E-state index in [2.05, 4.69) is 52.5 Å². The summed E-state index contributed by atoms with van der Waals surface area (Å²) in [5.74, 6) is -1.93. The van der Waals surface area contributed by atoms with Crippen LogP contribution in [0.25, 0.3) is 29.6 Å².